The third-order valence-corrected chi connectivity index (χ3v) is 2.06. The van der Waals surface area contributed by atoms with Crippen LogP contribution >= 0.6 is 0 Å². The van der Waals surface area contributed by atoms with E-state index in [2.05, 4.69) is 6.92 Å². The van der Waals surface area contributed by atoms with Crippen LogP contribution in [0.25, 0.3) is 0 Å². The van der Waals surface area contributed by atoms with E-state index in [-0.39, 0.29) is 0 Å². The Hall–Kier alpha value is -1.38. The predicted molar refractivity (Wildman–Crippen MR) is 55.2 cm³/mol. The lowest BCUT2D eigenvalue weighted by Crippen LogP contribution is -1.96. The Morgan fingerprint density at radius 1 is 0.929 bits per heavy atom. The zero-order chi connectivity index (χ0) is 10.6. The minimum absolute atomic E-state index is 0.656. The van der Waals surface area contributed by atoms with Gasteiger partial charge >= 0.3 is 0 Å². The van der Waals surface area contributed by atoms with E-state index in [0.717, 1.165) is 11.3 Å². The average Bonchev–Trinajstić information content (AvgIpc) is 2.26. The molecule has 0 N–H and O–H groups in total. The van der Waals surface area contributed by atoms with E-state index < -0.39 is 0 Å². The van der Waals surface area contributed by atoms with Crippen LogP contribution in [-0.2, 0) is 6.42 Å². The number of benzene rings is 1. The first-order valence-corrected chi connectivity index (χ1v) is 4.35. The van der Waals surface area contributed by atoms with Gasteiger partial charge in [-0.2, -0.15) is 0 Å². The van der Waals surface area contributed by atoms with Crippen LogP contribution in [0.3, 0.4) is 0 Å². The standard InChI is InChI=1S/C11H15O3/c1-5-8-6-10(13-3)11(14-4)7-9(8)12-2/h6-7H,1,5H2,2-4H3. The summed E-state index contributed by atoms with van der Waals surface area (Å²) in [6.07, 6.45) is 0.656. The van der Waals surface area contributed by atoms with Gasteiger partial charge in [-0.05, 0) is 25.0 Å². The molecule has 14 heavy (non-hydrogen) atoms. The SMILES string of the molecule is [CH2]Cc1cc(OC)c(OC)cc1OC. The number of ether oxygens (including phenoxy) is 3. The normalized spacial score (nSPS) is 9.71. The summed E-state index contributed by atoms with van der Waals surface area (Å²) < 4.78 is 15.5. The first-order chi connectivity index (χ1) is 6.76. The van der Waals surface area contributed by atoms with Crippen molar-refractivity contribution in [2.24, 2.45) is 0 Å². The van der Waals surface area contributed by atoms with Gasteiger partial charge in [-0.3, -0.25) is 0 Å². The Morgan fingerprint density at radius 2 is 1.43 bits per heavy atom. The van der Waals surface area contributed by atoms with Gasteiger partial charge in [0, 0.05) is 6.07 Å². The maximum Gasteiger partial charge on any atom is 0.164 e. The van der Waals surface area contributed by atoms with Crippen molar-refractivity contribution in [2.45, 2.75) is 6.42 Å². The molecule has 0 aliphatic heterocycles. The van der Waals surface area contributed by atoms with Gasteiger partial charge in [0.15, 0.2) is 11.5 Å². The van der Waals surface area contributed by atoms with Crippen molar-refractivity contribution in [3.8, 4) is 17.2 Å². The van der Waals surface area contributed by atoms with Crippen molar-refractivity contribution < 1.29 is 14.2 Å². The van der Waals surface area contributed by atoms with Crippen LogP contribution in [0.15, 0.2) is 12.1 Å². The van der Waals surface area contributed by atoms with Crippen LogP contribution in [0.4, 0.5) is 0 Å². The first-order valence-electron chi connectivity index (χ1n) is 4.35. The highest BCUT2D eigenvalue weighted by atomic mass is 16.5. The van der Waals surface area contributed by atoms with Gasteiger partial charge in [0.1, 0.15) is 5.75 Å². The second-order valence-corrected chi connectivity index (χ2v) is 2.77. The van der Waals surface area contributed by atoms with Crippen molar-refractivity contribution in [1.29, 1.82) is 0 Å². The molecule has 0 aliphatic rings. The lowest BCUT2D eigenvalue weighted by atomic mass is 10.1. The summed E-state index contributed by atoms with van der Waals surface area (Å²) in [5, 5.41) is 0. The third-order valence-electron chi connectivity index (χ3n) is 2.06. The topological polar surface area (TPSA) is 27.7 Å². The fourth-order valence-corrected chi connectivity index (χ4v) is 1.29. The highest BCUT2D eigenvalue weighted by molar-refractivity contribution is 5.50. The van der Waals surface area contributed by atoms with Gasteiger partial charge in [-0.25, -0.2) is 0 Å². The molecule has 0 saturated heterocycles. The summed E-state index contributed by atoms with van der Waals surface area (Å²) >= 11 is 0. The monoisotopic (exact) mass is 195 g/mol. The molecule has 3 heteroatoms. The lowest BCUT2D eigenvalue weighted by molar-refractivity contribution is 0.348. The van der Waals surface area contributed by atoms with Crippen LogP contribution < -0.4 is 14.2 Å². The molecule has 0 aromatic heterocycles. The van der Waals surface area contributed by atoms with Crippen LogP contribution in [0, 0.1) is 6.92 Å². The molecular weight excluding hydrogens is 180 g/mol. The molecule has 0 atom stereocenters. The summed E-state index contributed by atoms with van der Waals surface area (Å²) in [7, 11) is 4.83. The Morgan fingerprint density at radius 3 is 1.86 bits per heavy atom. The minimum atomic E-state index is 0.656. The van der Waals surface area contributed by atoms with Gasteiger partial charge in [0.05, 0.1) is 21.3 Å². The molecule has 1 rings (SSSR count). The average molecular weight is 195 g/mol. The summed E-state index contributed by atoms with van der Waals surface area (Å²) in [5.74, 6) is 2.14. The number of methoxy groups -OCH3 is 3. The quantitative estimate of drug-likeness (QED) is 0.736. The molecule has 0 unspecified atom stereocenters. The van der Waals surface area contributed by atoms with Crippen molar-refractivity contribution in [3.05, 3.63) is 24.6 Å². The first kappa shape index (κ1) is 10.7. The van der Waals surface area contributed by atoms with E-state index in [1.165, 1.54) is 0 Å². The Bertz CT molecular complexity index is 249. The van der Waals surface area contributed by atoms with E-state index in [9.17, 15) is 0 Å². The smallest absolute Gasteiger partial charge is 0.164 e. The summed E-state index contributed by atoms with van der Waals surface area (Å²) in [4.78, 5) is 0. The molecule has 77 valence electrons. The highest BCUT2D eigenvalue weighted by Gasteiger charge is 2.09. The molecule has 1 aromatic rings. The van der Waals surface area contributed by atoms with E-state index in [1.54, 1.807) is 27.4 Å². The number of hydrogen-bond acceptors (Lipinski definition) is 3. The third kappa shape index (κ3) is 1.92. The lowest BCUT2D eigenvalue weighted by Gasteiger charge is -2.12. The Balaban J connectivity index is 3.20. The molecule has 0 spiro atoms. The molecule has 0 heterocycles. The summed E-state index contributed by atoms with van der Waals surface area (Å²) in [6.45, 7) is 3.82. The van der Waals surface area contributed by atoms with E-state index in [1.807, 2.05) is 6.07 Å². The summed E-state index contributed by atoms with van der Waals surface area (Å²) in [5.41, 5.74) is 1.00. The second kappa shape index (κ2) is 4.74. The second-order valence-electron chi connectivity index (χ2n) is 2.77. The van der Waals surface area contributed by atoms with Crippen LogP contribution in [0.2, 0.25) is 0 Å². The largest absolute Gasteiger partial charge is 0.496 e. The van der Waals surface area contributed by atoms with Crippen molar-refractivity contribution in [1.82, 2.24) is 0 Å². The molecular formula is C11H15O3. The van der Waals surface area contributed by atoms with Crippen molar-refractivity contribution in [3.63, 3.8) is 0 Å². The van der Waals surface area contributed by atoms with E-state index in [0.29, 0.717) is 17.9 Å². The maximum atomic E-state index is 5.20. The number of hydrogen-bond donors (Lipinski definition) is 0. The molecule has 0 fully saturated rings. The van der Waals surface area contributed by atoms with Gasteiger partial charge in [-0.15, -0.1) is 0 Å². The van der Waals surface area contributed by atoms with E-state index >= 15 is 0 Å². The Labute approximate surface area is 84.6 Å². The molecule has 0 amide bonds. The zero-order valence-corrected chi connectivity index (χ0v) is 8.79. The molecule has 0 bridgehead atoms. The minimum Gasteiger partial charge on any atom is -0.496 e. The van der Waals surface area contributed by atoms with Crippen molar-refractivity contribution in [2.75, 3.05) is 21.3 Å². The van der Waals surface area contributed by atoms with Gasteiger partial charge in [-0.1, -0.05) is 0 Å². The fraction of sp³-hybridized carbons (Fsp3) is 0.364. The molecule has 0 aliphatic carbocycles. The molecule has 1 aromatic carbocycles. The number of rotatable bonds is 4. The fourth-order valence-electron chi connectivity index (χ4n) is 1.29. The van der Waals surface area contributed by atoms with Crippen LogP contribution in [0.5, 0.6) is 17.2 Å². The maximum absolute atomic E-state index is 5.20. The van der Waals surface area contributed by atoms with Gasteiger partial charge in [0.25, 0.3) is 0 Å². The predicted octanol–water partition coefficient (Wildman–Crippen LogP) is 2.09. The van der Waals surface area contributed by atoms with E-state index in [4.69, 9.17) is 14.2 Å². The van der Waals surface area contributed by atoms with Gasteiger partial charge in [0.2, 0.25) is 0 Å². The Kier molecular flexibility index (Phi) is 3.63. The molecule has 1 radical (unpaired) electrons. The van der Waals surface area contributed by atoms with Crippen molar-refractivity contribution >= 4 is 0 Å². The zero-order valence-electron chi connectivity index (χ0n) is 8.79. The van der Waals surface area contributed by atoms with Crippen LogP contribution in [-0.4, -0.2) is 21.3 Å². The van der Waals surface area contributed by atoms with Gasteiger partial charge < -0.3 is 14.2 Å². The summed E-state index contributed by atoms with van der Waals surface area (Å²) in [6, 6.07) is 3.68. The molecule has 3 nitrogen and oxygen atoms in total. The molecule has 0 saturated carbocycles. The van der Waals surface area contributed by atoms with Crippen LogP contribution in [0.1, 0.15) is 5.56 Å². The highest BCUT2D eigenvalue weighted by Crippen LogP contribution is 2.34.